The predicted molar refractivity (Wildman–Crippen MR) is 111 cm³/mol. The number of aliphatic hydroxyl groups is 1. The van der Waals surface area contributed by atoms with Crippen molar-refractivity contribution in [2.45, 2.75) is 45.1 Å². The fraction of sp³-hybridized carbons (Fsp3) is 0.292. The molecule has 4 rings (SSSR count). The molecule has 0 saturated heterocycles. The standard InChI is InChI=1S/C24H24ClNO/c1-16(27)12-17-8-10-18(11-9-17)13-20-15-24(19-4-2-5-21(25)14-19)26-23-7-3-6-22(20)23/h2,4-5,8-11,14-16,27H,3,6-7,12-13H2,1H3. The van der Waals surface area contributed by atoms with Gasteiger partial charge in [0.2, 0.25) is 0 Å². The molecule has 1 unspecified atom stereocenters. The molecule has 0 bridgehead atoms. The number of hydrogen-bond donors (Lipinski definition) is 1. The predicted octanol–water partition coefficient (Wildman–Crippen LogP) is 5.40. The van der Waals surface area contributed by atoms with Crippen molar-refractivity contribution in [3.63, 3.8) is 0 Å². The van der Waals surface area contributed by atoms with Gasteiger partial charge in [-0.25, -0.2) is 0 Å². The Labute approximate surface area is 165 Å². The van der Waals surface area contributed by atoms with E-state index in [9.17, 15) is 5.11 Å². The van der Waals surface area contributed by atoms with E-state index < -0.39 is 0 Å². The minimum Gasteiger partial charge on any atom is -0.393 e. The summed E-state index contributed by atoms with van der Waals surface area (Å²) >= 11 is 6.19. The lowest BCUT2D eigenvalue weighted by Gasteiger charge is -2.13. The van der Waals surface area contributed by atoms with Crippen molar-refractivity contribution in [1.29, 1.82) is 0 Å². The zero-order valence-corrected chi connectivity index (χ0v) is 16.3. The van der Waals surface area contributed by atoms with Gasteiger partial charge < -0.3 is 5.11 Å². The van der Waals surface area contributed by atoms with Crippen molar-refractivity contribution in [2.24, 2.45) is 0 Å². The van der Waals surface area contributed by atoms with Gasteiger partial charge in [-0.2, -0.15) is 0 Å². The highest BCUT2D eigenvalue weighted by atomic mass is 35.5. The minimum absolute atomic E-state index is 0.306. The maximum absolute atomic E-state index is 9.56. The molecule has 3 aromatic rings. The van der Waals surface area contributed by atoms with E-state index in [0.717, 1.165) is 35.5 Å². The molecule has 1 atom stereocenters. The number of aliphatic hydroxyl groups excluding tert-OH is 1. The van der Waals surface area contributed by atoms with Gasteiger partial charge in [-0.05, 0) is 79.5 Å². The van der Waals surface area contributed by atoms with Crippen LogP contribution in [0.5, 0.6) is 0 Å². The SMILES string of the molecule is CC(O)Cc1ccc(Cc2cc(-c3cccc(Cl)c3)nc3c2CCC3)cc1. The van der Waals surface area contributed by atoms with Crippen LogP contribution in [0.25, 0.3) is 11.3 Å². The molecule has 1 aromatic heterocycles. The van der Waals surface area contributed by atoms with Crippen LogP contribution in [0, 0.1) is 0 Å². The fourth-order valence-corrected chi connectivity index (χ4v) is 4.12. The summed E-state index contributed by atoms with van der Waals surface area (Å²) in [6.07, 6.45) is 4.66. The lowest BCUT2D eigenvalue weighted by Crippen LogP contribution is -2.04. The smallest absolute Gasteiger partial charge is 0.0708 e. The van der Waals surface area contributed by atoms with Crippen LogP contribution in [0.3, 0.4) is 0 Å². The third-order valence-electron chi connectivity index (χ3n) is 5.21. The number of hydrogen-bond acceptors (Lipinski definition) is 2. The molecule has 0 radical (unpaired) electrons. The average Bonchev–Trinajstić information content (AvgIpc) is 3.12. The second-order valence-corrected chi connectivity index (χ2v) is 7.94. The van der Waals surface area contributed by atoms with Crippen molar-refractivity contribution in [3.8, 4) is 11.3 Å². The molecule has 2 aromatic carbocycles. The maximum Gasteiger partial charge on any atom is 0.0708 e. The Bertz CT molecular complexity index is 947. The molecule has 2 nitrogen and oxygen atoms in total. The van der Waals surface area contributed by atoms with E-state index in [-0.39, 0.29) is 6.10 Å². The van der Waals surface area contributed by atoms with Crippen LogP contribution < -0.4 is 0 Å². The van der Waals surface area contributed by atoms with Crippen LogP contribution in [0.4, 0.5) is 0 Å². The number of benzene rings is 2. The van der Waals surface area contributed by atoms with Crippen LogP contribution in [-0.4, -0.2) is 16.2 Å². The van der Waals surface area contributed by atoms with Crippen molar-refractivity contribution < 1.29 is 5.11 Å². The zero-order valence-electron chi connectivity index (χ0n) is 15.6. The van der Waals surface area contributed by atoms with E-state index in [0.29, 0.717) is 6.42 Å². The van der Waals surface area contributed by atoms with E-state index in [1.165, 1.54) is 34.4 Å². The Hall–Kier alpha value is -2.16. The lowest BCUT2D eigenvalue weighted by molar-refractivity contribution is 0.195. The van der Waals surface area contributed by atoms with Gasteiger partial charge in [0.15, 0.2) is 0 Å². The summed E-state index contributed by atoms with van der Waals surface area (Å²) in [4.78, 5) is 4.93. The van der Waals surface area contributed by atoms with Gasteiger partial charge >= 0.3 is 0 Å². The summed E-state index contributed by atoms with van der Waals surface area (Å²) in [5, 5.41) is 10.3. The molecule has 0 amide bonds. The first kappa shape index (κ1) is 18.2. The topological polar surface area (TPSA) is 33.1 Å². The lowest BCUT2D eigenvalue weighted by atomic mass is 9.96. The first-order valence-corrected chi connectivity index (χ1v) is 10.00. The molecule has 0 aliphatic heterocycles. The molecule has 0 spiro atoms. The van der Waals surface area contributed by atoms with E-state index in [4.69, 9.17) is 16.6 Å². The minimum atomic E-state index is -0.306. The first-order valence-electron chi connectivity index (χ1n) is 9.62. The molecule has 138 valence electrons. The fourth-order valence-electron chi connectivity index (χ4n) is 3.93. The molecular formula is C24H24ClNO. The number of aromatic nitrogens is 1. The summed E-state index contributed by atoms with van der Waals surface area (Å²) in [5.74, 6) is 0. The number of halogens is 1. The zero-order chi connectivity index (χ0) is 18.8. The summed E-state index contributed by atoms with van der Waals surface area (Å²) in [6.45, 7) is 1.82. The van der Waals surface area contributed by atoms with Crippen LogP contribution in [0.2, 0.25) is 5.02 Å². The molecule has 0 saturated carbocycles. The van der Waals surface area contributed by atoms with Crippen molar-refractivity contribution in [2.75, 3.05) is 0 Å². The Morgan fingerprint density at radius 1 is 1.04 bits per heavy atom. The number of pyridine rings is 1. The van der Waals surface area contributed by atoms with Gasteiger partial charge in [0, 0.05) is 16.3 Å². The van der Waals surface area contributed by atoms with Crippen molar-refractivity contribution >= 4 is 11.6 Å². The molecule has 27 heavy (non-hydrogen) atoms. The Kier molecular flexibility index (Phi) is 5.29. The number of aryl methyl sites for hydroxylation is 1. The quantitative estimate of drug-likeness (QED) is 0.645. The van der Waals surface area contributed by atoms with E-state index >= 15 is 0 Å². The Balaban J connectivity index is 1.66. The summed E-state index contributed by atoms with van der Waals surface area (Å²) in [6, 6.07) is 18.8. The van der Waals surface area contributed by atoms with Gasteiger partial charge in [-0.3, -0.25) is 4.98 Å². The van der Waals surface area contributed by atoms with E-state index in [1.807, 2.05) is 25.1 Å². The summed E-state index contributed by atoms with van der Waals surface area (Å²) in [7, 11) is 0. The van der Waals surface area contributed by atoms with Gasteiger partial charge in [0.25, 0.3) is 0 Å². The van der Waals surface area contributed by atoms with Gasteiger partial charge in [-0.1, -0.05) is 48.0 Å². The van der Waals surface area contributed by atoms with Crippen molar-refractivity contribution in [1.82, 2.24) is 4.98 Å². The van der Waals surface area contributed by atoms with Crippen LogP contribution >= 0.6 is 11.6 Å². The van der Waals surface area contributed by atoms with Crippen LogP contribution in [0.15, 0.2) is 54.6 Å². The number of fused-ring (bicyclic) bond motifs is 1. The first-order chi connectivity index (χ1) is 13.1. The van der Waals surface area contributed by atoms with Gasteiger partial charge in [-0.15, -0.1) is 0 Å². The summed E-state index contributed by atoms with van der Waals surface area (Å²) < 4.78 is 0. The molecule has 3 heteroatoms. The number of nitrogens with zero attached hydrogens (tertiary/aromatic N) is 1. The normalized spacial score (nSPS) is 14.2. The monoisotopic (exact) mass is 377 g/mol. The third-order valence-corrected chi connectivity index (χ3v) is 5.45. The molecule has 1 aliphatic rings. The Morgan fingerprint density at radius 3 is 2.56 bits per heavy atom. The highest BCUT2D eigenvalue weighted by Gasteiger charge is 2.18. The average molecular weight is 378 g/mol. The van der Waals surface area contributed by atoms with Crippen LogP contribution in [0.1, 0.15) is 41.3 Å². The molecule has 0 fully saturated rings. The second-order valence-electron chi connectivity index (χ2n) is 7.50. The summed E-state index contributed by atoms with van der Waals surface area (Å²) in [5.41, 5.74) is 8.59. The largest absolute Gasteiger partial charge is 0.393 e. The molecule has 1 heterocycles. The van der Waals surface area contributed by atoms with Crippen LogP contribution in [-0.2, 0) is 25.7 Å². The highest BCUT2D eigenvalue weighted by Crippen LogP contribution is 2.31. The molecule has 1 N–H and O–H groups in total. The van der Waals surface area contributed by atoms with E-state index in [2.05, 4.69) is 36.4 Å². The maximum atomic E-state index is 9.56. The highest BCUT2D eigenvalue weighted by molar-refractivity contribution is 6.30. The molecule has 1 aliphatic carbocycles. The van der Waals surface area contributed by atoms with Gasteiger partial charge in [0.1, 0.15) is 0 Å². The van der Waals surface area contributed by atoms with Crippen molar-refractivity contribution in [3.05, 3.63) is 87.6 Å². The Morgan fingerprint density at radius 2 is 1.81 bits per heavy atom. The van der Waals surface area contributed by atoms with Gasteiger partial charge in [0.05, 0.1) is 11.8 Å². The molecular weight excluding hydrogens is 354 g/mol. The number of rotatable bonds is 5. The second kappa shape index (κ2) is 7.84. The van der Waals surface area contributed by atoms with E-state index in [1.54, 1.807) is 0 Å². The third kappa shape index (κ3) is 4.23.